The summed E-state index contributed by atoms with van der Waals surface area (Å²) in [5, 5.41) is 20.4. The van der Waals surface area contributed by atoms with Gasteiger partial charge < -0.3 is 10.6 Å². The van der Waals surface area contributed by atoms with Crippen LogP contribution in [-0.4, -0.2) is 17.9 Å². The number of hydrogen-bond donors (Lipinski definition) is 2. The highest BCUT2D eigenvalue weighted by Gasteiger charge is 2.18. The molecule has 2 aromatic rings. The number of carbonyl (C=O) groups is 1. The van der Waals surface area contributed by atoms with E-state index in [-0.39, 0.29) is 23.2 Å². The number of rotatable bonds is 5. The quantitative estimate of drug-likeness (QED) is 0.656. The smallest absolute Gasteiger partial charge is 0.270 e. The minimum absolute atomic E-state index is 0.109. The van der Waals surface area contributed by atoms with E-state index < -0.39 is 4.92 Å². The van der Waals surface area contributed by atoms with Crippen molar-refractivity contribution in [1.82, 2.24) is 5.32 Å². The molecule has 0 fully saturated rings. The first kappa shape index (κ1) is 15.0. The van der Waals surface area contributed by atoms with Crippen molar-refractivity contribution >= 4 is 28.6 Å². The minimum Gasteiger partial charge on any atom is -0.387 e. The summed E-state index contributed by atoms with van der Waals surface area (Å²) in [5.41, 5.74) is 1.71. The number of amides is 1. The molecule has 0 spiro atoms. The Morgan fingerprint density at radius 2 is 2.14 bits per heavy atom. The van der Waals surface area contributed by atoms with Gasteiger partial charge in [0.05, 0.1) is 16.5 Å². The normalized spacial score (nSPS) is 11.7. The summed E-state index contributed by atoms with van der Waals surface area (Å²) in [7, 11) is 1.67. The van der Waals surface area contributed by atoms with Gasteiger partial charge in [0.25, 0.3) is 11.6 Å². The summed E-state index contributed by atoms with van der Waals surface area (Å²) in [6.45, 7) is 1.87. The maximum atomic E-state index is 12.3. The number of benzene rings is 1. The monoisotopic (exact) mass is 305 g/mol. The van der Waals surface area contributed by atoms with Crippen LogP contribution in [0.4, 0.5) is 11.4 Å². The molecule has 1 heterocycles. The molecule has 1 aromatic carbocycles. The lowest BCUT2D eigenvalue weighted by Crippen LogP contribution is -2.27. The third kappa shape index (κ3) is 3.38. The predicted molar refractivity (Wildman–Crippen MR) is 82.8 cm³/mol. The van der Waals surface area contributed by atoms with Crippen molar-refractivity contribution in [2.45, 2.75) is 13.0 Å². The molecule has 1 atom stereocenters. The van der Waals surface area contributed by atoms with Crippen molar-refractivity contribution in [2.24, 2.45) is 0 Å². The number of non-ortho nitro benzene ring substituents is 1. The lowest BCUT2D eigenvalue weighted by atomic mass is 10.1. The highest BCUT2D eigenvalue weighted by atomic mass is 32.1. The summed E-state index contributed by atoms with van der Waals surface area (Å²) in [5.74, 6) is -0.346. The zero-order valence-electron chi connectivity index (χ0n) is 11.6. The number of hydrogen-bond acceptors (Lipinski definition) is 5. The Kier molecular flexibility index (Phi) is 4.54. The Labute approximate surface area is 126 Å². The van der Waals surface area contributed by atoms with Crippen molar-refractivity contribution in [3.05, 3.63) is 56.3 Å². The van der Waals surface area contributed by atoms with Crippen LogP contribution in [0.5, 0.6) is 0 Å². The van der Waals surface area contributed by atoms with Crippen LogP contribution in [0.3, 0.4) is 0 Å². The Bertz CT molecular complexity index is 655. The molecule has 6 nitrogen and oxygen atoms in total. The second-order valence-electron chi connectivity index (χ2n) is 4.49. The highest BCUT2D eigenvalue weighted by Crippen LogP contribution is 2.23. The Hall–Kier alpha value is -2.41. The molecule has 0 saturated carbocycles. The van der Waals surface area contributed by atoms with Crippen molar-refractivity contribution in [2.75, 3.05) is 12.4 Å². The van der Waals surface area contributed by atoms with Gasteiger partial charge >= 0.3 is 0 Å². The van der Waals surface area contributed by atoms with E-state index in [9.17, 15) is 14.9 Å². The van der Waals surface area contributed by atoms with Crippen LogP contribution in [0.2, 0.25) is 0 Å². The lowest BCUT2D eigenvalue weighted by molar-refractivity contribution is -0.384. The van der Waals surface area contributed by atoms with E-state index in [0.717, 1.165) is 5.56 Å². The summed E-state index contributed by atoms with van der Waals surface area (Å²) < 4.78 is 0. The van der Waals surface area contributed by atoms with E-state index in [1.807, 2.05) is 23.8 Å². The lowest BCUT2D eigenvalue weighted by Gasteiger charge is -2.14. The number of nitrogens with one attached hydrogen (secondary N) is 2. The van der Waals surface area contributed by atoms with Crippen LogP contribution in [0.15, 0.2) is 35.0 Å². The van der Waals surface area contributed by atoms with E-state index in [2.05, 4.69) is 10.6 Å². The zero-order chi connectivity index (χ0) is 15.4. The molecule has 2 N–H and O–H groups in total. The third-order valence-corrected chi connectivity index (χ3v) is 3.82. The fourth-order valence-corrected chi connectivity index (χ4v) is 2.68. The number of nitrogens with zero attached hydrogens (tertiary/aromatic N) is 1. The fourth-order valence-electron chi connectivity index (χ4n) is 1.93. The van der Waals surface area contributed by atoms with E-state index in [0.29, 0.717) is 5.69 Å². The van der Waals surface area contributed by atoms with Crippen LogP contribution in [0.25, 0.3) is 0 Å². The maximum Gasteiger partial charge on any atom is 0.270 e. The van der Waals surface area contributed by atoms with E-state index in [1.54, 1.807) is 18.4 Å². The first-order valence-electron chi connectivity index (χ1n) is 6.32. The SMILES string of the molecule is CNc1ccc([N+](=O)[O-])cc1C(=O)NC(C)c1ccsc1. The molecular formula is C14H15N3O3S. The molecule has 110 valence electrons. The van der Waals surface area contributed by atoms with Crippen LogP contribution in [0.1, 0.15) is 28.9 Å². The Balaban J connectivity index is 2.25. The summed E-state index contributed by atoms with van der Waals surface area (Å²) in [4.78, 5) is 22.7. The number of thiophene rings is 1. The van der Waals surface area contributed by atoms with E-state index in [4.69, 9.17) is 0 Å². The van der Waals surface area contributed by atoms with Gasteiger partial charge in [0.15, 0.2) is 0 Å². The van der Waals surface area contributed by atoms with Crippen molar-refractivity contribution in [1.29, 1.82) is 0 Å². The van der Waals surface area contributed by atoms with E-state index in [1.165, 1.54) is 18.2 Å². The Morgan fingerprint density at radius 1 is 1.38 bits per heavy atom. The molecule has 0 aliphatic rings. The molecule has 0 aliphatic carbocycles. The van der Waals surface area contributed by atoms with Crippen LogP contribution in [-0.2, 0) is 0 Å². The molecule has 1 unspecified atom stereocenters. The van der Waals surface area contributed by atoms with Gasteiger partial charge in [-0.3, -0.25) is 14.9 Å². The van der Waals surface area contributed by atoms with Gasteiger partial charge in [0.1, 0.15) is 0 Å². The summed E-state index contributed by atoms with van der Waals surface area (Å²) in [6.07, 6.45) is 0. The molecule has 21 heavy (non-hydrogen) atoms. The molecule has 7 heteroatoms. The van der Waals surface area contributed by atoms with Gasteiger partial charge in [-0.05, 0) is 35.4 Å². The van der Waals surface area contributed by atoms with Gasteiger partial charge in [0.2, 0.25) is 0 Å². The number of carbonyl (C=O) groups excluding carboxylic acids is 1. The van der Waals surface area contributed by atoms with Gasteiger partial charge in [-0.2, -0.15) is 11.3 Å². The van der Waals surface area contributed by atoms with Crippen molar-refractivity contribution in [3.8, 4) is 0 Å². The standard InChI is InChI=1S/C14H15N3O3S/c1-9(10-5-6-21-8-10)16-14(18)12-7-11(17(19)20)3-4-13(12)15-2/h3-9,15H,1-2H3,(H,16,18). The molecular weight excluding hydrogens is 290 g/mol. The van der Waals surface area contributed by atoms with Gasteiger partial charge in [0, 0.05) is 24.9 Å². The largest absolute Gasteiger partial charge is 0.387 e. The number of anilines is 1. The average molecular weight is 305 g/mol. The molecule has 0 radical (unpaired) electrons. The fraction of sp³-hybridized carbons (Fsp3) is 0.214. The van der Waals surface area contributed by atoms with E-state index >= 15 is 0 Å². The molecule has 1 aromatic heterocycles. The number of nitro groups is 1. The number of nitro benzene ring substituents is 1. The second kappa shape index (κ2) is 6.36. The van der Waals surface area contributed by atoms with Crippen molar-refractivity contribution < 1.29 is 9.72 Å². The second-order valence-corrected chi connectivity index (χ2v) is 5.27. The Morgan fingerprint density at radius 3 is 2.71 bits per heavy atom. The minimum atomic E-state index is -0.515. The summed E-state index contributed by atoms with van der Waals surface area (Å²) in [6, 6.07) is 5.95. The predicted octanol–water partition coefficient (Wildman–Crippen LogP) is 3.19. The topological polar surface area (TPSA) is 84.3 Å². The first-order chi connectivity index (χ1) is 10.0. The maximum absolute atomic E-state index is 12.3. The molecule has 2 rings (SSSR count). The third-order valence-electron chi connectivity index (χ3n) is 3.12. The van der Waals surface area contributed by atoms with Crippen LogP contribution < -0.4 is 10.6 Å². The molecule has 0 saturated heterocycles. The molecule has 0 bridgehead atoms. The first-order valence-corrected chi connectivity index (χ1v) is 7.26. The summed E-state index contributed by atoms with van der Waals surface area (Å²) >= 11 is 1.55. The van der Waals surface area contributed by atoms with Crippen LogP contribution >= 0.6 is 11.3 Å². The average Bonchev–Trinajstić information content (AvgIpc) is 3.00. The van der Waals surface area contributed by atoms with Gasteiger partial charge in [-0.25, -0.2) is 0 Å². The van der Waals surface area contributed by atoms with Gasteiger partial charge in [-0.1, -0.05) is 0 Å². The van der Waals surface area contributed by atoms with Crippen molar-refractivity contribution in [3.63, 3.8) is 0 Å². The van der Waals surface area contributed by atoms with Gasteiger partial charge in [-0.15, -0.1) is 0 Å². The highest BCUT2D eigenvalue weighted by molar-refractivity contribution is 7.07. The zero-order valence-corrected chi connectivity index (χ0v) is 12.4. The molecule has 0 aliphatic heterocycles. The van der Waals surface area contributed by atoms with Crippen LogP contribution in [0, 0.1) is 10.1 Å². The molecule has 1 amide bonds.